The van der Waals surface area contributed by atoms with Gasteiger partial charge in [0.25, 0.3) is 0 Å². The Balaban J connectivity index is 1.77. The SMILES string of the molecule is Cc1ccccc1OCCn1c(NCCO)nc2ccccc21. The predicted molar refractivity (Wildman–Crippen MR) is 92.0 cm³/mol. The van der Waals surface area contributed by atoms with E-state index in [1.807, 2.05) is 55.5 Å². The Kier molecular flexibility index (Phi) is 4.78. The number of para-hydroxylation sites is 3. The molecule has 3 rings (SSSR count). The molecule has 2 aromatic carbocycles. The van der Waals surface area contributed by atoms with Gasteiger partial charge in [-0.3, -0.25) is 0 Å². The van der Waals surface area contributed by atoms with Crippen molar-refractivity contribution in [2.45, 2.75) is 13.5 Å². The van der Waals surface area contributed by atoms with Crippen LogP contribution in [0.25, 0.3) is 11.0 Å². The summed E-state index contributed by atoms with van der Waals surface area (Å²) >= 11 is 0. The van der Waals surface area contributed by atoms with Crippen LogP contribution in [0.4, 0.5) is 5.95 Å². The van der Waals surface area contributed by atoms with Crippen LogP contribution in [0, 0.1) is 6.92 Å². The van der Waals surface area contributed by atoms with Crippen molar-refractivity contribution in [3.05, 3.63) is 54.1 Å². The third kappa shape index (κ3) is 3.46. The number of rotatable bonds is 7. The molecule has 0 unspecified atom stereocenters. The Bertz CT molecular complexity index is 783. The highest BCUT2D eigenvalue weighted by atomic mass is 16.5. The Morgan fingerprint density at radius 1 is 1.13 bits per heavy atom. The van der Waals surface area contributed by atoms with Gasteiger partial charge in [0.2, 0.25) is 5.95 Å². The number of nitrogens with zero attached hydrogens (tertiary/aromatic N) is 2. The molecule has 0 spiro atoms. The van der Waals surface area contributed by atoms with Crippen molar-refractivity contribution in [2.75, 3.05) is 25.1 Å². The molecule has 2 N–H and O–H groups in total. The van der Waals surface area contributed by atoms with E-state index in [9.17, 15) is 0 Å². The maximum atomic E-state index is 9.02. The first kappa shape index (κ1) is 15.4. The van der Waals surface area contributed by atoms with Crippen molar-refractivity contribution in [3.8, 4) is 5.75 Å². The molecular weight excluding hydrogens is 290 g/mol. The van der Waals surface area contributed by atoms with Crippen molar-refractivity contribution >= 4 is 17.0 Å². The lowest BCUT2D eigenvalue weighted by atomic mass is 10.2. The minimum absolute atomic E-state index is 0.0723. The summed E-state index contributed by atoms with van der Waals surface area (Å²) in [6.07, 6.45) is 0. The quantitative estimate of drug-likeness (QED) is 0.704. The lowest BCUT2D eigenvalue weighted by Gasteiger charge is -2.12. The van der Waals surface area contributed by atoms with Crippen molar-refractivity contribution in [1.82, 2.24) is 9.55 Å². The predicted octanol–water partition coefficient (Wildman–Crippen LogP) is 2.83. The Morgan fingerprint density at radius 3 is 2.74 bits per heavy atom. The summed E-state index contributed by atoms with van der Waals surface area (Å²) in [7, 11) is 0. The molecule has 0 atom stereocenters. The number of anilines is 1. The summed E-state index contributed by atoms with van der Waals surface area (Å²) in [5.41, 5.74) is 3.12. The third-order valence-electron chi connectivity index (χ3n) is 3.72. The van der Waals surface area contributed by atoms with E-state index in [1.165, 1.54) is 0 Å². The number of aliphatic hydroxyl groups is 1. The van der Waals surface area contributed by atoms with Gasteiger partial charge in [-0.25, -0.2) is 4.98 Å². The van der Waals surface area contributed by atoms with Crippen LogP contribution in [0.2, 0.25) is 0 Å². The minimum atomic E-state index is 0.0723. The molecule has 0 aliphatic carbocycles. The van der Waals surface area contributed by atoms with Crippen molar-refractivity contribution in [3.63, 3.8) is 0 Å². The molecule has 0 saturated heterocycles. The van der Waals surface area contributed by atoms with Gasteiger partial charge in [0.15, 0.2) is 0 Å². The van der Waals surface area contributed by atoms with E-state index in [2.05, 4.69) is 14.9 Å². The zero-order chi connectivity index (χ0) is 16.1. The van der Waals surface area contributed by atoms with Gasteiger partial charge in [0.1, 0.15) is 12.4 Å². The number of hydrogen-bond acceptors (Lipinski definition) is 4. The summed E-state index contributed by atoms with van der Waals surface area (Å²) in [4.78, 5) is 4.58. The van der Waals surface area contributed by atoms with Gasteiger partial charge in [-0.15, -0.1) is 0 Å². The van der Waals surface area contributed by atoms with E-state index in [-0.39, 0.29) is 6.61 Å². The van der Waals surface area contributed by atoms with Crippen LogP contribution in [0.3, 0.4) is 0 Å². The van der Waals surface area contributed by atoms with E-state index in [0.717, 1.165) is 28.3 Å². The number of ether oxygens (including phenoxy) is 1. The summed E-state index contributed by atoms with van der Waals surface area (Å²) in [5.74, 6) is 1.66. The van der Waals surface area contributed by atoms with Crippen LogP contribution in [-0.4, -0.2) is 34.4 Å². The molecule has 0 amide bonds. The van der Waals surface area contributed by atoms with Crippen molar-refractivity contribution in [1.29, 1.82) is 0 Å². The third-order valence-corrected chi connectivity index (χ3v) is 3.72. The molecule has 5 heteroatoms. The summed E-state index contributed by atoms with van der Waals surface area (Å²) in [6.45, 7) is 3.82. The highest BCUT2D eigenvalue weighted by Crippen LogP contribution is 2.20. The Morgan fingerprint density at radius 2 is 1.91 bits per heavy atom. The minimum Gasteiger partial charge on any atom is -0.491 e. The van der Waals surface area contributed by atoms with Crippen LogP contribution in [0.15, 0.2) is 48.5 Å². The molecule has 0 saturated carbocycles. The summed E-state index contributed by atoms with van der Waals surface area (Å²) < 4.78 is 7.98. The van der Waals surface area contributed by atoms with Gasteiger partial charge in [-0.1, -0.05) is 30.3 Å². The zero-order valence-corrected chi connectivity index (χ0v) is 13.2. The zero-order valence-electron chi connectivity index (χ0n) is 13.2. The van der Waals surface area contributed by atoms with Crippen LogP contribution in [-0.2, 0) is 6.54 Å². The largest absolute Gasteiger partial charge is 0.491 e. The number of aromatic nitrogens is 2. The van der Waals surface area contributed by atoms with Gasteiger partial charge >= 0.3 is 0 Å². The maximum absolute atomic E-state index is 9.02. The first-order valence-electron chi connectivity index (χ1n) is 7.78. The van der Waals surface area contributed by atoms with E-state index in [0.29, 0.717) is 19.7 Å². The van der Waals surface area contributed by atoms with Crippen LogP contribution >= 0.6 is 0 Å². The van der Waals surface area contributed by atoms with Crippen molar-refractivity contribution in [2.24, 2.45) is 0 Å². The number of imidazole rings is 1. The monoisotopic (exact) mass is 311 g/mol. The molecule has 0 radical (unpaired) electrons. The standard InChI is InChI=1S/C18H21N3O2/c1-14-6-2-5-9-17(14)23-13-11-21-16-8-4-3-7-15(16)20-18(21)19-10-12-22/h2-9,22H,10-13H2,1H3,(H,19,20). The van der Waals surface area contributed by atoms with E-state index < -0.39 is 0 Å². The molecule has 3 aromatic rings. The topological polar surface area (TPSA) is 59.3 Å². The Hall–Kier alpha value is -2.53. The van der Waals surface area contributed by atoms with Gasteiger partial charge in [0, 0.05) is 6.54 Å². The fraction of sp³-hybridized carbons (Fsp3) is 0.278. The lowest BCUT2D eigenvalue weighted by molar-refractivity contribution is 0.298. The number of benzene rings is 2. The summed E-state index contributed by atoms with van der Waals surface area (Å²) in [5, 5.41) is 12.2. The Labute approximate surface area is 135 Å². The second-order valence-corrected chi connectivity index (χ2v) is 5.34. The average molecular weight is 311 g/mol. The molecule has 0 fully saturated rings. The number of nitrogens with one attached hydrogen (secondary N) is 1. The smallest absolute Gasteiger partial charge is 0.204 e. The van der Waals surface area contributed by atoms with Gasteiger partial charge in [-0.05, 0) is 30.7 Å². The molecule has 0 aliphatic rings. The highest BCUT2D eigenvalue weighted by molar-refractivity contribution is 5.78. The molecule has 23 heavy (non-hydrogen) atoms. The van der Waals surface area contributed by atoms with Gasteiger partial charge in [-0.2, -0.15) is 0 Å². The van der Waals surface area contributed by atoms with Crippen LogP contribution in [0.5, 0.6) is 5.75 Å². The van der Waals surface area contributed by atoms with Crippen LogP contribution < -0.4 is 10.1 Å². The molecule has 120 valence electrons. The number of aryl methyl sites for hydroxylation is 1. The van der Waals surface area contributed by atoms with E-state index >= 15 is 0 Å². The second-order valence-electron chi connectivity index (χ2n) is 5.34. The molecular formula is C18H21N3O2. The fourth-order valence-corrected chi connectivity index (χ4v) is 2.57. The van der Waals surface area contributed by atoms with Gasteiger partial charge < -0.3 is 19.7 Å². The van der Waals surface area contributed by atoms with E-state index in [1.54, 1.807) is 0 Å². The van der Waals surface area contributed by atoms with Crippen molar-refractivity contribution < 1.29 is 9.84 Å². The highest BCUT2D eigenvalue weighted by Gasteiger charge is 2.10. The lowest BCUT2D eigenvalue weighted by Crippen LogP contribution is -2.14. The molecule has 0 aliphatic heterocycles. The number of aliphatic hydroxyl groups excluding tert-OH is 1. The fourth-order valence-electron chi connectivity index (χ4n) is 2.57. The maximum Gasteiger partial charge on any atom is 0.204 e. The number of fused-ring (bicyclic) bond motifs is 1. The molecule has 5 nitrogen and oxygen atoms in total. The molecule has 1 aromatic heterocycles. The molecule has 1 heterocycles. The molecule has 0 bridgehead atoms. The van der Waals surface area contributed by atoms with Crippen LogP contribution in [0.1, 0.15) is 5.56 Å². The first-order chi connectivity index (χ1) is 11.3. The number of hydrogen-bond donors (Lipinski definition) is 2. The second kappa shape index (κ2) is 7.15. The normalized spacial score (nSPS) is 10.9. The van der Waals surface area contributed by atoms with Gasteiger partial charge in [0.05, 0.1) is 24.2 Å². The first-order valence-corrected chi connectivity index (χ1v) is 7.78. The summed E-state index contributed by atoms with van der Waals surface area (Å²) in [6, 6.07) is 16.0. The van der Waals surface area contributed by atoms with E-state index in [4.69, 9.17) is 9.84 Å². The average Bonchev–Trinajstić information content (AvgIpc) is 2.92.